The van der Waals surface area contributed by atoms with Gasteiger partial charge in [0.05, 0.1) is 0 Å². The second kappa shape index (κ2) is 6.81. The lowest BCUT2D eigenvalue weighted by Crippen LogP contribution is -2.48. The number of rotatable bonds is 2. The topological polar surface area (TPSA) is 3.24 Å². The third-order valence-corrected chi connectivity index (χ3v) is 7.76. The van der Waals surface area contributed by atoms with E-state index in [1.54, 1.807) is 11.1 Å². The molecule has 0 unspecified atom stereocenters. The number of fused-ring (bicyclic) bond motifs is 3. The third-order valence-electron chi connectivity index (χ3n) is 6.58. The van der Waals surface area contributed by atoms with Gasteiger partial charge in [-0.2, -0.15) is 0 Å². The number of piperidine rings is 2. The number of hydrogen-bond acceptors (Lipinski definition) is 2. The second-order valence-electron chi connectivity index (χ2n) is 7.97. The van der Waals surface area contributed by atoms with E-state index < -0.39 is 0 Å². The summed E-state index contributed by atoms with van der Waals surface area (Å²) in [7, 11) is 0. The summed E-state index contributed by atoms with van der Waals surface area (Å²) in [5.74, 6) is 1.45. The molecule has 5 rings (SSSR count). The Balaban J connectivity index is 1.49. The predicted molar refractivity (Wildman–Crippen MR) is 105 cm³/mol. The Hall–Kier alpha value is -1.25. The Kier molecular flexibility index (Phi) is 4.35. The van der Waals surface area contributed by atoms with Crippen LogP contribution in [0.4, 0.5) is 0 Å². The van der Waals surface area contributed by atoms with Crippen LogP contribution >= 0.6 is 11.8 Å². The van der Waals surface area contributed by atoms with Crippen LogP contribution in [0.1, 0.15) is 55.6 Å². The molecule has 3 heterocycles. The average Bonchev–Trinajstić information content (AvgIpc) is 2.68. The summed E-state index contributed by atoms with van der Waals surface area (Å²) in [5, 5.41) is 0. The summed E-state index contributed by atoms with van der Waals surface area (Å²) in [6.45, 7) is 2.68. The van der Waals surface area contributed by atoms with E-state index in [-0.39, 0.29) is 0 Å². The molecule has 2 saturated heterocycles. The minimum absolute atomic E-state index is 0.584. The van der Waals surface area contributed by atoms with Crippen LogP contribution in [0, 0.1) is 5.92 Å². The minimum atomic E-state index is 0.584. The monoisotopic (exact) mass is 349 g/mol. The van der Waals surface area contributed by atoms with Crippen LogP contribution in [0.2, 0.25) is 0 Å². The second-order valence-corrected chi connectivity index (χ2v) is 9.05. The molecule has 2 atom stereocenters. The smallest absolute Gasteiger partial charge is 0.0160 e. The lowest BCUT2D eigenvalue weighted by molar-refractivity contribution is 0.0538. The van der Waals surface area contributed by atoms with Gasteiger partial charge in [-0.3, -0.25) is 0 Å². The fraction of sp³-hybridized carbons (Fsp3) is 0.478. The van der Waals surface area contributed by atoms with Crippen LogP contribution in [-0.4, -0.2) is 24.0 Å². The molecule has 2 fully saturated rings. The Morgan fingerprint density at radius 1 is 0.800 bits per heavy atom. The van der Waals surface area contributed by atoms with E-state index in [0.717, 1.165) is 12.0 Å². The minimum Gasteiger partial charge on any atom is -0.300 e. The zero-order valence-corrected chi connectivity index (χ0v) is 15.7. The van der Waals surface area contributed by atoms with Crippen molar-refractivity contribution in [1.29, 1.82) is 0 Å². The lowest BCUT2D eigenvalue weighted by atomic mass is 9.75. The fourth-order valence-electron chi connectivity index (χ4n) is 5.42. The van der Waals surface area contributed by atoms with Crippen LogP contribution < -0.4 is 0 Å². The Morgan fingerprint density at radius 3 is 2.24 bits per heavy atom. The molecular weight excluding hydrogens is 322 g/mol. The third kappa shape index (κ3) is 2.94. The van der Waals surface area contributed by atoms with Gasteiger partial charge in [-0.1, -0.05) is 54.6 Å². The lowest BCUT2D eigenvalue weighted by Gasteiger charge is -2.46. The highest BCUT2D eigenvalue weighted by atomic mass is 32.2. The molecule has 0 amide bonds. The number of benzene rings is 2. The van der Waals surface area contributed by atoms with Gasteiger partial charge < -0.3 is 4.90 Å². The molecule has 3 aliphatic rings. The summed E-state index contributed by atoms with van der Waals surface area (Å²) >= 11 is 1.96. The van der Waals surface area contributed by atoms with Gasteiger partial charge in [0.1, 0.15) is 0 Å². The molecule has 0 radical (unpaired) electrons. The maximum absolute atomic E-state index is 2.81. The summed E-state index contributed by atoms with van der Waals surface area (Å²) in [5.41, 5.74) is 3.14. The molecular formula is C23H27NS. The number of hydrogen-bond donors (Lipinski definition) is 0. The first-order chi connectivity index (χ1) is 12.4. The summed E-state index contributed by atoms with van der Waals surface area (Å²) in [6.07, 6.45) is 8.42. The quantitative estimate of drug-likeness (QED) is 0.660. The van der Waals surface area contributed by atoms with E-state index in [0.29, 0.717) is 5.92 Å². The van der Waals surface area contributed by atoms with E-state index in [1.807, 2.05) is 11.8 Å². The molecule has 0 bridgehead atoms. The van der Waals surface area contributed by atoms with Crippen molar-refractivity contribution in [3.8, 4) is 0 Å². The highest BCUT2D eigenvalue weighted by Crippen LogP contribution is 2.49. The van der Waals surface area contributed by atoms with E-state index >= 15 is 0 Å². The van der Waals surface area contributed by atoms with Gasteiger partial charge in [0, 0.05) is 21.8 Å². The van der Waals surface area contributed by atoms with E-state index in [4.69, 9.17) is 0 Å². The number of nitrogens with zero attached hydrogens (tertiary/aromatic N) is 1. The molecule has 3 aliphatic heterocycles. The molecule has 0 spiro atoms. The molecule has 0 aliphatic carbocycles. The molecule has 0 N–H and O–H groups in total. The SMILES string of the molecule is c1ccc2c(c1)Sc1ccccc1C2C[C@@H]1CCCN2CCCC[C@H]12. The molecule has 130 valence electrons. The zero-order valence-electron chi connectivity index (χ0n) is 14.9. The van der Waals surface area contributed by atoms with Gasteiger partial charge >= 0.3 is 0 Å². The van der Waals surface area contributed by atoms with Gasteiger partial charge in [0.25, 0.3) is 0 Å². The van der Waals surface area contributed by atoms with Gasteiger partial charge in [-0.25, -0.2) is 0 Å². The first kappa shape index (κ1) is 16.0. The molecule has 0 saturated carbocycles. The van der Waals surface area contributed by atoms with E-state index in [2.05, 4.69) is 53.4 Å². The predicted octanol–water partition coefficient (Wildman–Crippen LogP) is 5.94. The molecule has 2 aromatic carbocycles. The van der Waals surface area contributed by atoms with Gasteiger partial charge in [0.2, 0.25) is 0 Å². The fourth-order valence-corrected chi connectivity index (χ4v) is 6.60. The summed E-state index contributed by atoms with van der Waals surface area (Å²) < 4.78 is 0. The Morgan fingerprint density at radius 2 is 1.48 bits per heavy atom. The van der Waals surface area contributed by atoms with Crippen molar-refractivity contribution < 1.29 is 0 Å². The average molecular weight is 350 g/mol. The molecule has 1 nitrogen and oxygen atoms in total. The maximum Gasteiger partial charge on any atom is 0.0160 e. The molecule has 2 heteroatoms. The van der Waals surface area contributed by atoms with Crippen molar-refractivity contribution in [2.24, 2.45) is 5.92 Å². The van der Waals surface area contributed by atoms with Crippen molar-refractivity contribution in [3.05, 3.63) is 59.7 Å². The summed E-state index contributed by atoms with van der Waals surface area (Å²) in [4.78, 5) is 5.76. The van der Waals surface area contributed by atoms with Crippen LogP contribution in [0.15, 0.2) is 58.3 Å². The Bertz CT molecular complexity index is 708. The maximum atomic E-state index is 2.81. The van der Waals surface area contributed by atoms with Gasteiger partial charge in [-0.15, -0.1) is 0 Å². The van der Waals surface area contributed by atoms with Crippen molar-refractivity contribution in [2.75, 3.05) is 13.1 Å². The zero-order chi connectivity index (χ0) is 16.6. The highest BCUT2D eigenvalue weighted by Gasteiger charge is 2.36. The standard InChI is InChI=1S/C23H27NS/c1-3-12-22-18(9-1)20(19-10-2-4-13-23(19)25-22)16-17-8-7-15-24-14-6-5-11-21(17)24/h1-4,9-10,12-13,17,20-21H,5-8,11,14-16H2/t17-,21+/m0/s1. The van der Waals surface area contributed by atoms with Crippen molar-refractivity contribution in [2.45, 2.75) is 60.3 Å². The largest absolute Gasteiger partial charge is 0.300 e. The van der Waals surface area contributed by atoms with Crippen LogP contribution in [0.3, 0.4) is 0 Å². The van der Waals surface area contributed by atoms with Crippen LogP contribution in [0.5, 0.6) is 0 Å². The normalized spacial score (nSPS) is 26.6. The first-order valence-corrected chi connectivity index (χ1v) is 10.8. The summed E-state index contributed by atoms with van der Waals surface area (Å²) in [6, 6.07) is 19.1. The van der Waals surface area contributed by atoms with E-state index in [1.165, 1.54) is 61.4 Å². The molecule has 0 aromatic heterocycles. The van der Waals surface area contributed by atoms with E-state index in [9.17, 15) is 0 Å². The molecule has 2 aromatic rings. The highest BCUT2D eigenvalue weighted by molar-refractivity contribution is 7.99. The van der Waals surface area contributed by atoms with Gasteiger partial charge in [0.15, 0.2) is 0 Å². The van der Waals surface area contributed by atoms with Crippen LogP contribution in [0.25, 0.3) is 0 Å². The van der Waals surface area contributed by atoms with Crippen molar-refractivity contribution in [3.63, 3.8) is 0 Å². The molecule has 25 heavy (non-hydrogen) atoms. The Labute approximate surface area is 155 Å². The first-order valence-electron chi connectivity index (χ1n) is 10.00. The van der Waals surface area contributed by atoms with Crippen molar-refractivity contribution in [1.82, 2.24) is 4.90 Å². The van der Waals surface area contributed by atoms with Crippen molar-refractivity contribution >= 4 is 11.8 Å². The van der Waals surface area contributed by atoms with Gasteiger partial charge in [-0.05, 0) is 74.4 Å². The van der Waals surface area contributed by atoms with Crippen LogP contribution in [-0.2, 0) is 0 Å².